The molecule has 0 amide bonds. The number of hydrogen-bond donors (Lipinski definition) is 0. The molecule has 0 atom stereocenters. The number of halogens is 4. The molecule has 0 radical (unpaired) electrons. The summed E-state index contributed by atoms with van der Waals surface area (Å²) >= 11 is 5.21. The summed E-state index contributed by atoms with van der Waals surface area (Å²) in [6, 6.07) is 0.807. The van der Waals surface area contributed by atoms with E-state index in [2.05, 4.69) is 4.98 Å². The van der Waals surface area contributed by atoms with Crippen LogP contribution in [0.1, 0.15) is 12.1 Å². The van der Waals surface area contributed by atoms with Crippen molar-refractivity contribution in [3.8, 4) is 0 Å². The van der Waals surface area contributed by atoms with Crippen LogP contribution in [-0.4, -0.2) is 4.98 Å². The molecule has 11 heavy (non-hydrogen) atoms. The van der Waals surface area contributed by atoms with Crippen molar-refractivity contribution in [1.29, 1.82) is 0 Å². The maximum absolute atomic E-state index is 12.3. The van der Waals surface area contributed by atoms with E-state index < -0.39 is 17.9 Å². The Hall–Kier alpha value is -0.770. The zero-order valence-electron chi connectivity index (χ0n) is 5.19. The molecule has 0 unspecified atom stereocenters. The van der Waals surface area contributed by atoms with Crippen LogP contribution in [0.3, 0.4) is 0 Å². The highest BCUT2D eigenvalue weighted by atomic mass is 35.5. The molecular formula is C6H3ClF3N. The largest absolute Gasteiger partial charge is 0.280 e. The van der Waals surface area contributed by atoms with E-state index in [1.165, 1.54) is 0 Å². The smallest absolute Gasteiger partial charge is 0.252 e. The molecule has 1 heterocycles. The monoisotopic (exact) mass is 181 g/mol. The maximum Gasteiger partial charge on any atom is 0.280 e. The van der Waals surface area contributed by atoms with Gasteiger partial charge in [-0.2, -0.15) is 0 Å². The minimum Gasteiger partial charge on any atom is -0.252 e. The Labute approximate surface area is 65.8 Å². The summed E-state index contributed by atoms with van der Waals surface area (Å²) < 4.78 is 36.0. The molecule has 1 aromatic heterocycles. The molecule has 0 aromatic carbocycles. The highest BCUT2D eigenvalue weighted by molar-refractivity contribution is 6.30. The van der Waals surface area contributed by atoms with Gasteiger partial charge < -0.3 is 0 Å². The second-order valence-electron chi connectivity index (χ2n) is 1.82. The second-order valence-corrected chi connectivity index (χ2v) is 2.23. The minimum atomic E-state index is -2.71. The van der Waals surface area contributed by atoms with Gasteiger partial charge in [-0.25, -0.2) is 13.2 Å². The first-order valence-corrected chi connectivity index (χ1v) is 3.08. The van der Waals surface area contributed by atoms with Gasteiger partial charge in [0, 0.05) is 0 Å². The zero-order chi connectivity index (χ0) is 8.43. The quantitative estimate of drug-likeness (QED) is 0.649. The summed E-state index contributed by atoms with van der Waals surface area (Å²) in [5.41, 5.74) is -0.517. The highest BCUT2D eigenvalue weighted by Gasteiger charge is 2.10. The molecule has 5 heteroatoms. The number of aromatic nitrogens is 1. The standard InChI is InChI=1S/C6H3ClF3N/c7-3-1-5(6(9)10)11-2-4(3)8/h1-2,6H. The molecule has 0 N–H and O–H groups in total. The van der Waals surface area contributed by atoms with Crippen molar-refractivity contribution in [2.24, 2.45) is 0 Å². The van der Waals surface area contributed by atoms with Crippen LogP contribution in [-0.2, 0) is 0 Å². The number of hydrogen-bond acceptors (Lipinski definition) is 1. The minimum absolute atomic E-state index is 0.338. The fourth-order valence-electron chi connectivity index (χ4n) is 0.548. The fourth-order valence-corrected chi connectivity index (χ4v) is 0.709. The van der Waals surface area contributed by atoms with Crippen molar-refractivity contribution in [2.75, 3.05) is 0 Å². The average Bonchev–Trinajstić information content (AvgIpc) is 1.94. The first-order chi connectivity index (χ1) is 5.11. The van der Waals surface area contributed by atoms with Crippen molar-refractivity contribution < 1.29 is 13.2 Å². The van der Waals surface area contributed by atoms with Crippen molar-refractivity contribution in [2.45, 2.75) is 6.43 Å². The molecule has 1 aromatic rings. The van der Waals surface area contributed by atoms with E-state index in [0.29, 0.717) is 6.20 Å². The van der Waals surface area contributed by atoms with E-state index in [1.54, 1.807) is 0 Å². The normalized spacial score (nSPS) is 10.6. The van der Waals surface area contributed by atoms with Gasteiger partial charge in [0.25, 0.3) is 6.43 Å². The van der Waals surface area contributed by atoms with Gasteiger partial charge >= 0.3 is 0 Å². The molecule has 1 rings (SSSR count). The Bertz CT molecular complexity index is 264. The lowest BCUT2D eigenvalue weighted by molar-refractivity contribution is 0.146. The van der Waals surface area contributed by atoms with E-state index in [1.807, 2.05) is 0 Å². The molecule has 0 aliphatic rings. The van der Waals surface area contributed by atoms with Crippen LogP contribution < -0.4 is 0 Å². The highest BCUT2D eigenvalue weighted by Crippen LogP contribution is 2.21. The lowest BCUT2D eigenvalue weighted by atomic mass is 10.3. The Morgan fingerprint density at radius 3 is 2.55 bits per heavy atom. The third kappa shape index (κ3) is 1.83. The van der Waals surface area contributed by atoms with Gasteiger partial charge in [0.2, 0.25) is 0 Å². The first-order valence-electron chi connectivity index (χ1n) is 2.70. The third-order valence-corrected chi connectivity index (χ3v) is 1.34. The predicted molar refractivity (Wildman–Crippen MR) is 34.2 cm³/mol. The predicted octanol–water partition coefficient (Wildman–Crippen LogP) is 2.81. The van der Waals surface area contributed by atoms with Crippen LogP contribution in [0.4, 0.5) is 13.2 Å². The van der Waals surface area contributed by atoms with Gasteiger partial charge in [-0.05, 0) is 6.07 Å². The maximum atomic E-state index is 12.3. The summed E-state index contributed by atoms with van der Waals surface area (Å²) in [6.07, 6.45) is -2.04. The Morgan fingerprint density at radius 2 is 2.09 bits per heavy atom. The van der Waals surface area contributed by atoms with E-state index in [0.717, 1.165) is 6.07 Å². The van der Waals surface area contributed by atoms with Crippen LogP contribution in [0.25, 0.3) is 0 Å². The number of pyridine rings is 1. The molecule has 0 aliphatic heterocycles. The van der Waals surface area contributed by atoms with Gasteiger partial charge in [0.1, 0.15) is 5.69 Å². The molecule has 0 fully saturated rings. The lowest BCUT2D eigenvalue weighted by Gasteiger charge is -1.98. The number of alkyl halides is 2. The van der Waals surface area contributed by atoms with E-state index in [9.17, 15) is 13.2 Å². The molecule has 0 saturated carbocycles. The van der Waals surface area contributed by atoms with Gasteiger partial charge in [-0.3, -0.25) is 4.98 Å². The van der Waals surface area contributed by atoms with Crippen molar-refractivity contribution in [3.63, 3.8) is 0 Å². The molecule has 1 nitrogen and oxygen atoms in total. The Kier molecular flexibility index (Phi) is 2.34. The van der Waals surface area contributed by atoms with E-state index in [-0.39, 0.29) is 5.02 Å². The molecule has 0 saturated heterocycles. The lowest BCUT2D eigenvalue weighted by Crippen LogP contribution is -1.90. The molecular weight excluding hydrogens is 179 g/mol. The second kappa shape index (κ2) is 3.09. The summed E-state index contributed by atoms with van der Waals surface area (Å²) in [5, 5.41) is -0.338. The fraction of sp³-hybridized carbons (Fsp3) is 0.167. The van der Waals surface area contributed by atoms with Gasteiger partial charge in [0.05, 0.1) is 11.2 Å². The van der Waals surface area contributed by atoms with Crippen LogP contribution in [0.5, 0.6) is 0 Å². The van der Waals surface area contributed by atoms with Gasteiger partial charge in [-0.1, -0.05) is 11.6 Å². The summed E-state index contributed by atoms with van der Waals surface area (Å²) in [4.78, 5) is 3.13. The first kappa shape index (κ1) is 8.33. The molecule has 0 spiro atoms. The van der Waals surface area contributed by atoms with Crippen LogP contribution in [0.2, 0.25) is 5.02 Å². The van der Waals surface area contributed by atoms with Gasteiger partial charge in [0.15, 0.2) is 5.82 Å². The molecule has 60 valence electrons. The van der Waals surface area contributed by atoms with Crippen molar-refractivity contribution >= 4 is 11.6 Å². The zero-order valence-corrected chi connectivity index (χ0v) is 5.95. The Morgan fingerprint density at radius 1 is 1.45 bits per heavy atom. The number of nitrogens with zero attached hydrogens (tertiary/aromatic N) is 1. The summed E-state index contributed by atoms with van der Waals surface area (Å²) in [7, 11) is 0. The van der Waals surface area contributed by atoms with Crippen LogP contribution in [0, 0.1) is 5.82 Å². The van der Waals surface area contributed by atoms with Crippen LogP contribution >= 0.6 is 11.6 Å². The third-order valence-electron chi connectivity index (χ3n) is 1.05. The molecule has 0 aliphatic carbocycles. The average molecular weight is 182 g/mol. The molecule has 0 bridgehead atoms. The van der Waals surface area contributed by atoms with Gasteiger partial charge in [-0.15, -0.1) is 0 Å². The van der Waals surface area contributed by atoms with Crippen LogP contribution in [0.15, 0.2) is 12.3 Å². The topological polar surface area (TPSA) is 12.9 Å². The summed E-state index contributed by atoms with van der Waals surface area (Å²) in [6.45, 7) is 0. The van der Waals surface area contributed by atoms with Crippen molar-refractivity contribution in [1.82, 2.24) is 4.98 Å². The number of rotatable bonds is 1. The Balaban J connectivity index is 3.05. The van der Waals surface area contributed by atoms with E-state index >= 15 is 0 Å². The summed E-state index contributed by atoms with van der Waals surface area (Å²) in [5.74, 6) is -0.795. The van der Waals surface area contributed by atoms with E-state index in [4.69, 9.17) is 11.6 Å². The SMILES string of the molecule is Fc1cnc(C(F)F)cc1Cl. The van der Waals surface area contributed by atoms with Crippen molar-refractivity contribution in [3.05, 3.63) is 28.8 Å².